The molecule has 0 amide bonds. The third-order valence-corrected chi connectivity index (χ3v) is 14.1. The minimum atomic E-state index is -3.56. The molecule has 4 heterocycles. The van der Waals surface area contributed by atoms with Gasteiger partial charge in [0.05, 0.1) is 44.0 Å². The van der Waals surface area contributed by atoms with Crippen molar-refractivity contribution in [1.29, 1.82) is 0 Å². The fourth-order valence-corrected chi connectivity index (χ4v) is 10.6. The Hall–Kier alpha value is -4.10. The quantitative estimate of drug-likeness (QED) is 0.225. The van der Waals surface area contributed by atoms with Crippen LogP contribution in [0.15, 0.2) is 117 Å². The van der Waals surface area contributed by atoms with E-state index in [0.29, 0.717) is 33.4 Å². The van der Waals surface area contributed by atoms with E-state index in [0.717, 1.165) is 76.3 Å². The highest BCUT2D eigenvalue weighted by Crippen LogP contribution is 2.43. The Morgan fingerprint density at radius 3 is 1.22 bits per heavy atom. The Morgan fingerprint density at radius 2 is 0.870 bits per heavy atom. The second kappa shape index (κ2) is 15.2. The van der Waals surface area contributed by atoms with E-state index in [9.17, 15) is 16.8 Å². The van der Waals surface area contributed by atoms with Crippen LogP contribution in [0.4, 0.5) is 11.4 Å². The van der Waals surface area contributed by atoms with E-state index >= 15 is 0 Å². The predicted molar refractivity (Wildman–Crippen MR) is 213 cm³/mol. The fraction of sp³-hybridized carbons (Fsp3) is 0.429. The molecule has 2 saturated heterocycles. The van der Waals surface area contributed by atoms with E-state index in [4.69, 9.17) is 9.47 Å². The number of nitrogens with one attached hydrogen (secondary N) is 2. The zero-order valence-corrected chi connectivity index (χ0v) is 33.3. The zero-order chi connectivity index (χ0) is 38.1. The number of benzene rings is 4. The number of fused-ring (bicyclic) bond motifs is 2. The number of hydrogen-bond donors (Lipinski definition) is 2. The Morgan fingerprint density at radius 1 is 0.519 bits per heavy atom. The van der Waals surface area contributed by atoms with Gasteiger partial charge >= 0.3 is 0 Å². The number of anilines is 2. The van der Waals surface area contributed by atoms with Gasteiger partial charge in [0.25, 0.3) is 0 Å². The summed E-state index contributed by atoms with van der Waals surface area (Å²) in [4.78, 5) is 5.95. The summed E-state index contributed by atoms with van der Waals surface area (Å²) in [5.41, 5.74) is 1.25. The molecule has 12 heteroatoms. The highest BCUT2D eigenvalue weighted by Gasteiger charge is 2.38. The minimum absolute atomic E-state index is 0.274. The van der Waals surface area contributed by atoms with E-state index in [1.54, 1.807) is 72.8 Å². The van der Waals surface area contributed by atoms with Crippen molar-refractivity contribution in [1.82, 2.24) is 10.6 Å². The lowest BCUT2D eigenvalue weighted by molar-refractivity contribution is 0.0992. The van der Waals surface area contributed by atoms with E-state index in [2.05, 4.69) is 48.1 Å². The van der Waals surface area contributed by atoms with Gasteiger partial charge in [-0.05, 0) is 128 Å². The first-order valence-electron chi connectivity index (χ1n) is 18.9. The first-order valence-corrected chi connectivity index (χ1v) is 21.9. The fourth-order valence-electron chi connectivity index (χ4n) is 7.97. The van der Waals surface area contributed by atoms with Gasteiger partial charge in [0.1, 0.15) is 22.7 Å². The largest absolute Gasteiger partial charge is 0.484 e. The number of hydrogen-bond acceptors (Lipinski definition) is 10. The average molecular weight is 773 g/mol. The molecule has 2 N–H and O–H groups in total. The van der Waals surface area contributed by atoms with Crippen LogP contribution in [0, 0.1) is 0 Å². The van der Waals surface area contributed by atoms with Crippen LogP contribution in [0.3, 0.4) is 0 Å². The van der Waals surface area contributed by atoms with Crippen molar-refractivity contribution in [2.75, 3.05) is 49.1 Å². The molecule has 0 aromatic heterocycles. The highest BCUT2D eigenvalue weighted by molar-refractivity contribution is 7.91. The van der Waals surface area contributed by atoms with E-state index in [-0.39, 0.29) is 21.0 Å². The maximum Gasteiger partial charge on any atom is 0.206 e. The zero-order valence-electron chi connectivity index (χ0n) is 31.6. The van der Waals surface area contributed by atoms with Crippen LogP contribution in [0.2, 0.25) is 0 Å². The first-order chi connectivity index (χ1) is 25.7. The van der Waals surface area contributed by atoms with Crippen LogP contribution in [0.25, 0.3) is 0 Å². The molecule has 2 fully saturated rings. The summed E-state index contributed by atoms with van der Waals surface area (Å²) < 4.78 is 64.3. The van der Waals surface area contributed by atoms with Gasteiger partial charge in [-0.25, -0.2) is 16.8 Å². The smallest absolute Gasteiger partial charge is 0.206 e. The molecular formula is C42H52N4O6S2. The van der Waals surface area contributed by atoms with Gasteiger partial charge in [-0.1, -0.05) is 36.4 Å². The maximum absolute atomic E-state index is 13.0. The molecule has 4 aliphatic rings. The lowest BCUT2D eigenvalue weighted by Crippen LogP contribution is -2.53. The molecule has 0 aliphatic carbocycles. The topological polar surface area (TPSA) is 117 Å². The number of nitrogens with zero attached hydrogens (tertiary/aromatic N) is 2. The van der Waals surface area contributed by atoms with Gasteiger partial charge < -0.3 is 29.9 Å². The second-order valence-electron chi connectivity index (χ2n) is 15.8. The summed E-state index contributed by atoms with van der Waals surface area (Å²) in [5.74, 6) is 1.31. The van der Waals surface area contributed by atoms with Crippen LogP contribution in [0.5, 0.6) is 11.5 Å². The van der Waals surface area contributed by atoms with Gasteiger partial charge in [-0.3, -0.25) is 0 Å². The Balaban J connectivity index is 0.000000167. The molecule has 4 aromatic rings. The molecule has 0 spiro atoms. The third kappa shape index (κ3) is 8.12. The molecule has 4 aromatic carbocycles. The standard InChI is InChI=1S/2C21H26N2O3S/c2*1-21(2)15-23(16-10-12-22-13-11-16)19-9-8-18(14-20(19)26-21)27(24,25)17-6-4-3-5-7-17/h2*3-9,14,16,22H,10-13,15H2,1-2H3. The molecule has 4 aliphatic heterocycles. The molecule has 8 rings (SSSR count). The minimum Gasteiger partial charge on any atom is -0.484 e. The van der Waals surface area contributed by atoms with Crippen molar-refractivity contribution in [2.24, 2.45) is 0 Å². The van der Waals surface area contributed by atoms with Crippen LogP contribution >= 0.6 is 0 Å². The summed E-state index contributed by atoms with van der Waals surface area (Å²) in [7, 11) is -7.12. The SMILES string of the molecule is CC1(C)CN(C2CCNCC2)c2ccc(S(=O)(=O)c3ccccc3)cc2O1.CC1(C)CN(C2CCNCC2)c2ccc(S(=O)(=O)c3ccccc3)cc2O1. The van der Waals surface area contributed by atoms with Gasteiger partial charge in [-0.15, -0.1) is 0 Å². The predicted octanol–water partition coefficient (Wildman–Crippen LogP) is 6.50. The Labute approximate surface area is 320 Å². The van der Waals surface area contributed by atoms with Crippen molar-refractivity contribution in [3.05, 3.63) is 97.1 Å². The second-order valence-corrected chi connectivity index (χ2v) is 19.7. The molecule has 0 bridgehead atoms. The average Bonchev–Trinajstić information content (AvgIpc) is 3.17. The number of sulfone groups is 2. The summed E-state index contributed by atoms with van der Waals surface area (Å²) in [5, 5.41) is 6.82. The molecule has 0 radical (unpaired) electrons. The normalized spacial score (nSPS) is 20.0. The lowest BCUT2D eigenvalue weighted by atomic mass is 9.98. The summed E-state index contributed by atoms with van der Waals surface area (Å²) in [6, 6.07) is 28.6. The van der Waals surface area contributed by atoms with Crippen molar-refractivity contribution in [3.8, 4) is 11.5 Å². The lowest BCUT2D eigenvalue weighted by Gasteiger charge is -2.46. The third-order valence-electron chi connectivity index (χ3n) is 10.6. The van der Waals surface area contributed by atoms with Crippen molar-refractivity contribution in [2.45, 2.75) is 96.2 Å². The van der Waals surface area contributed by atoms with Crippen LogP contribution in [0.1, 0.15) is 53.4 Å². The molecule has 0 saturated carbocycles. The molecule has 0 atom stereocenters. The number of rotatable bonds is 6. The number of piperidine rings is 2. The molecule has 288 valence electrons. The van der Waals surface area contributed by atoms with Gasteiger partial charge in [0.15, 0.2) is 0 Å². The summed E-state index contributed by atoms with van der Waals surface area (Å²) in [6.45, 7) is 13.9. The monoisotopic (exact) mass is 772 g/mol. The Bertz CT molecular complexity index is 1990. The van der Waals surface area contributed by atoms with Gasteiger partial charge in [-0.2, -0.15) is 0 Å². The summed E-state index contributed by atoms with van der Waals surface area (Å²) >= 11 is 0. The van der Waals surface area contributed by atoms with E-state index < -0.39 is 19.7 Å². The molecule has 0 unspecified atom stereocenters. The van der Waals surface area contributed by atoms with Gasteiger partial charge in [0, 0.05) is 24.2 Å². The van der Waals surface area contributed by atoms with Crippen LogP contribution < -0.4 is 29.9 Å². The number of ether oxygens (including phenoxy) is 2. The van der Waals surface area contributed by atoms with Gasteiger partial charge in [0.2, 0.25) is 19.7 Å². The molecular weight excluding hydrogens is 721 g/mol. The van der Waals surface area contributed by atoms with Crippen molar-refractivity contribution < 1.29 is 26.3 Å². The van der Waals surface area contributed by atoms with Crippen molar-refractivity contribution >= 4 is 31.0 Å². The van der Waals surface area contributed by atoms with Crippen molar-refractivity contribution in [3.63, 3.8) is 0 Å². The van der Waals surface area contributed by atoms with Crippen LogP contribution in [-0.4, -0.2) is 79.4 Å². The maximum atomic E-state index is 13.0. The van der Waals surface area contributed by atoms with E-state index in [1.165, 1.54) is 0 Å². The summed E-state index contributed by atoms with van der Waals surface area (Å²) in [6.07, 6.45) is 4.33. The molecule has 54 heavy (non-hydrogen) atoms. The first kappa shape index (κ1) is 38.2. The highest BCUT2D eigenvalue weighted by atomic mass is 32.2. The van der Waals surface area contributed by atoms with E-state index in [1.807, 2.05) is 24.3 Å². The Kier molecular flexibility index (Phi) is 10.8. The molecule has 10 nitrogen and oxygen atoms in total. The van der Waals surface area contributed by atoms with Crippen LogP contribution in [-0.2, 0) is 19.7 Å².